The zero-order chi connectivity index (χ0) is 54.6. The summed E-state index contributed by atoms with van der Waals surface area (Å²) in [5.41, 5.74) is 25.5. The van der Waals surface area contributed by atoms with E-state index in [1.807, 2.05) is 0 Å². The number of benzene rings is 9. The summed E-state index contributed by atoms with van der Waals surface area (Å²) in [5.74, 6) is 2.11. The minimum absolute atomic E-state index is 0.0698. The zero-order valence-electron chi connectivity index (χ0n) is 47.0. The molecule has 0 saturated heterocycles. The molecule has 4 heteroatoms. The first-order chi connectivity index (χ1) is 40.0. The fraction of sp³-hybridized carbons (Fsp3) is 0.205. The third-order valence-electron chi connectivity index (χ3n) is 21.8. The molecule has 2 aliphatic heterocycles. The normalized spacial score (nSPS) is 22.0. The van der Waals surface area contributed by atoms with Gasteiger partial charge < -0.3 is 9.13 Å². The number of fused-ring (bicyclic) bond motifs is 22. The standard InChI is InChI=1S/C78H64N2OS/c1-77(2)63-33-11-5-25-53(63)59-43-61-55-27-7-13-35-67(55)79(69(61)45-65(59)77)49-23-17-21-47(41-49)51-31-19-39-73-75(51)57-29-9-15-37-71(57)82(73,81)72-38-16-10-30-58(72)76-52(32-20-40-74(76)82)48-22-18-24-50(42-48)80-68-36-14-8-28-56(68)62-44-60-54-26-6-12-34-64(54)78(3,4)66(60)46-70(62)80/h5-7,9-11,13-27,29-33,35-42,44,46,54,59,64-65H,8,12,28,34,43,45H2,1-4H3. The van der Waals surface area contributed by atoms with Crippen LogP contribution in [0.2, 0.25) is 0 Å². The van der Waals surface area contributed by atoms with Gasteiger partial charge in [0.2, 0.25) is 0 Å². The van der Waals surface area contributed by atoms with E-state index in [4.69, 9.17) is 0 Å². The van der Waals surface area contributed by atoms with Crippen molar-refractivity contribution >= 4 is 36.9 Å². The predicted molar refractivity (Wildman–Crippen MR) is 338 cm³/mol. The quantitative estimate of drug-likeness (QED) is 0.161. The molecule has 1 spiro atoms. The van der Waals surface area contributed by atoms with Crippen LogP contribution in [-0.4, -0.2) is 13.3 Å². The fourth-order valence-electron chi connectivity index (χ4n) is 18.2. The first-order valence-electron chi connectivity index (χ1n) is 30.1. The summed E-state index contributed by atoms with van der Waals surface area (Å²) in [5, 5.41) is 2.76. The van der Waals surface area contributed by atoms with E-state index < -0.39 is 9.07 Å². The van der Waals surface area contributed by atoms with E-state index in [0.717, 1.165) is 95.5 Å². The highest BCUT2D eigenvalue weighted by Crippen LogP contribution is 2.73. The minimum atomic E-state index is -4.24. The molecule has 3 nitrogen and oxygen atoms in total. The van der Waals surface area contributed by atoms with Crippen LogP contribution in [0.3, 0.4) is 0 Å². The van der Waals surface area contributed by atoms with Crippen molar-refractivity contribution in [1.82, 2.24) is 9.13 Å². The van der Waals surface area contributed by atoms with Gasteiger partial charge in [0.15, 0.2) is 0 Å². The van der Waals surface area contributed by atoms with E-state index in [1.165, 1.54) is 85.1 Å². The maximum Gasteiger partial charge on any atom is 0.0540 e. The van der Waals surface area contributed by atoms with Gasteiger partial charge in [0.05, 0.1) is 11.0 Å². The summed E-state index contributed by atoms with van der Waals surface area (Å²) in [6.07, 6.45) is 16.2. The largest absolute Gasteiger partial charge is 0.313 e. The molecule has 82 heavy (non-hydrogen) atoms. The van der Waals surface area contributed by atoms with E-state index in [9.17, 15) is 0 Å². The Bertz CT molecular complexity index is 4820. The van der Waals surface area contributed by atoms with Gasteiger partial charge in [-0.1, -0.05) is 173 Å². The minimum Gasteiger partial charge on any atom is -0.313 e. The molecule has 5 aliphatic carbocycles. The van der Waals surface area contributed by atoms with Gasteiger partial charge >= 0.3 is 0 Å². The molecule has 0 bridgehead atoms. The summed E-state index contributed by atoms with van der Waals surface area (Å²) >= 11 is 0. The zero-order valence-corrected chi connectivity index (χ0v) is 47.9. The highest BCUT2D eigenvalue weighted by Gasteiger charge is 2.58. The Hall–Kier alpha value is -8.31. The predicted octanol–water partition coefficient (Wildman–Crippen LogP) is 19.3. The molecule has 4 unspecified atom stereocenters. The molecular formula is C78H64N2OS. The molecule has 0 N–H and O–H groups in total. The molecule has 2 aromatic heterocycles. The van der Waals surface area contributed by atoms with Crippen LogP contribution in [0.4, 0.5) is 0 Å². The van der Waals surface area contributed by atoms with Crippen LogP contribution in [-0.2, 0) is 39.2 Å². The summed E-state index contributed by atoms with van der Waals surface area (Å²) in [7, 11) is -4.24. The van der Waals surface area contributed by atoms with Crippen molar-refractivity contribution in [2.75, 3.05) is 0 Å². The molecule has 0 radical (unpaired) electrons. The van der Waals surface area contributed by atoms with Crippen molar-refractivity contribution in [3.05, 3.63) is 257 Å². The number of hydrogen-bond donors (Lipinski definition) is 0. The second-order valence-electron chi connectivity index (χ2n) is 26.1. The first kappa shape index (κ1) is 47.3. The molecule has 0 amide bonds. The molecule has 7 aliphatic rings. The van der Waals surface area contributed by atoms with E-state index in [1.54, 1.807) is 0 Å². The maximum absolute atomic E-state index is 18.4. The van der Waals surface area contributed by atoms with Crippen molar-refractivity contribution in [2.24, 2.45) is 11.8 Å². The SMILES string of the molecule is CC1(C)c2cc3c(cc2C2C=CCCC21)c1c(n3-c2cccc(-c3cccc4c3-c3ccccc3S43(=O)c4ccccc4-c4c(-c5cccc(-n6c7c(c8ccccc86)CC6c8ccccc8C(C)(C)C6C7)c5)cccc43)c2)C=CCC1. The topological polar surface area (TPSA) is 26.9 Å². The van der Waals surface area contributed by atoms with Gasteiger partial charge in [0.25, 0.3) is 0 Å². The van der Waals surface area contributed by atoms with Gasteiger partial charge in [0.1, 0.15) is 0 Å². The molecule has 4 atom stereocenters. The van der Waals surface area contributed by atoms with Crippen LogP contribution in [0, 0.1) is 11.8 Å². The molecule has 0 fully saturated rings. The van der Waals surface area contributed by atoms with E-state index in [0.29, 0.717) is 23.7 Å². The van der Waals surface area contributed by atoms with Crippen molar-refractivity contribution in [3.8, 4) is 55.9 Å². The van der Waals surface area contributed by atoms with Crippen molar-refractivity contribution in [2.45, 2.75) is 108 Å². The van der Waals surface area contributed by atoms with Crippen LogP contribution in [0.15, 0.2) is 232 Å². The second-order valence-corrected chi connectivity index (χ2v) is 29.7. The highest BCUT2D eigenvalue weighted by molar-refractivity contribution is 8.21. The Balaban J connectivity index is 0.802. The number of para-hydroxylation sites is 1. The Morgan fingerprint density at radius 3 is 1.82 bits per heavy atom. The fourth-order valence-corrected chi connectivity index (χ4v) is 23.4. The lowest BCUT2D eigenvalue weighted by Gasteiger charge is -2.39. The number of aryl methyl sites for hydroxylation is 1. The van der Waals surface area contributed by atoms with E-state index >= 15 is 4.21 Å². The monoisotopic (exact) mass is 1080 g/mol. The Morgan fingerprint density at radius 1 is 0.476 bits per heavy atom. The molecule has 4 heterocycles. The number of aromatic nitrogens is 2. The number of nitrogens with zero attached hydrogens (tertiary/aromatic N) is 2. The van der Waals surface area contributed by atoms with Crippen LogP contribution >= 0.6 is 0 Å². The Labute approximate surface area is 480 Å². The van der Waals surface area contributed by atoms with Crippen molar-refractivity contribution in [3.63, 3.8) is 0 Å². The van der Waals surface area contributed by atoms with E-state index in [2.05, 4.69) is 255 Å². The average Bonchev–Trinajstić information content (AvgIpc) is 1.64. The molecule has 0 saturated carbocycles. The Morgan fingerprint density at radius 2 is 1.09 bits per heavy atom. The first-order valence-corrected chi connectivity index (χ1v) is 32.1. The van der Waals surface area contributed by atoms with Gasteiger partial charge in [-0.05, 0) is 207 Å². The lowest BCUT2D eigenvalue weighted by atomic mass is 9.69. The third-order valence-corrected chi connectivity index (χ3v) is 26.5. The van der Waals surface area contributed by atoms with Crippen LogP contribution in [0.25, 0.3) is 83.8 Å². The summed E-state index contributed by atoms with van der Waals surface area (Å²) in [6, 6.07) is 72.5. The molecule has 18 rings (SSSR count). The van der Waals surface area contributed by atoms with E-state index in [-0.39, 0.29) is 10.8 Å². The maximum atomic E-state index is 18.4. The highest BCUT2D eigenvalue weighted by atomic mass is 32.3. The van der Waals surface area contributed by atoms with Crippen molar-refractivity contribution < 1.29 is 4.21 Å². The Kier molecular flexibility index (Phi) is 9.37. The van der Waals surface area contributed by atoms with Gasteiger partial charge in [-0.2, -0.15) is 0 Å². The van der Waals surface area contributed by atoms with Gasteiger partial charge in [-0.25, -0.2) is 0 Å². The molecular weight excluding hydrogens is 1010 g/mol. The summed E-state index contributed by atoms with van der Waals surface area (Å²) < 4.78 is 23.5. The lowest BCUT2D eigenvalue weighted by Crippen LogP contribution is -2.32. The third kappa shape index (κ3) is 5.75. The second kappa shape index (κ2) is 16.2. The number of rotatable bonds is 4. The van der Waals surface area contributed by atoms with Gasteiger partial charge in [-0.3, -0.25) is 4.21 Å². The summed E-state index contributed by atoms with van der Waals surface area (Å²) in [4.78, 5) is 3.61. The molecule has 398 valence electrons. The lowest BCUT2D eigenvalue weighted by molar-refractivity contribution is 0.283. The summed E-state index contributed by atoms with van der Waals surface area (Å²) in [6.45, 7) is 9.92. The molecule has 11 aromatic rings. The average molecular weight is 1080 g/mol. The van der Waals surface area contributed by atoms with Gasteiger partial charge in [0, 0.05) is 79.2 Å². The van der Waals surface area contributed by atoms with Crippen LogP contribution in [0.5, 0.6) is 0 Å². The number of allylic oxidation sites excluding steroid dienone is 3. The number of hydrogen-bond acceptors (Lipinski definition) is 1. The van der Waals surface area contributed by atoms with Crippen LogP contribution in [0.1, 0.15) is 104 Å². The van der Waals surface area contributed by atoms with Crippen LogP contribution < -0.4 is 0 Å². The van der Waals surface area contributed by atoms with Gasteiger partial charge in [-0.15, -0.1) is 0 Å². The smallest absolute Gasteiger partial charge is 0.0540 e. The molecule has 9 aromatic carbocycles. The van der Waals surface area contributed by atoms with Crippen molar-refractivity contribution in [1.29, 1.82) is 0 Å².